The molecule has 7 heteroatoms. The van der Waals surface area contributed by atoms with Crippen LogP contribution >= 0.6 is 0 Å². The van der Waals surface area contributed by atoms with Gasteiger partial charge in [0, 0.05) is 19.7 Å². The Labute approximate surface area is 118 Å². The number of likely N-dealkylation sites (N-methyl/N-ethyl adjacent to an activating group) is 1. The van der Waals surface area contributed by atoms with E-state index in [1.54, 1.807) is 4.90 Å². The predicted octanol–water partition coefficient (Wildman–Crippen LogP) is -0.0442. The van der Waals surface area contributed by atoms with Crippen LogP contribution in [0.4, 0.5) is 4.79 Å². The Balaban J connectivity index is 1.88. The first kappa shape index (κ1) is 14.8. The Morgan fingerprint density at radius 2 is 2.25 bits per heavy atom. The van der Waals surface area contributed by atoms with E-state index in [1.807, 2.05) is 6.92 Å². The van der Waals surface area contributed by atoms with E-state index in [2.05, 4.69) is 5.32 Å². The van der Waals surface area contributed by atoms with Gasteiger partial charge >= 0.3 is 6.03 Å². The molecule has 2 aliphatic heterocycles. The fourth-order valence-corrected chi connectivity index (χ4v) is 2.46. The number of carbonyl (C=O) groups excluding carboxylic acids is 3. The number of hydrogen-bond acceptors (Lipinski definition) is 4. The van der Waals surface area contributed by atoms with Gasteiger partial charge in [0.25, 0.3) is 5.91 Å². The Kier molecular flexibility index (Phi) is 4.94. The molecule has 0 aliphatic carbocycles. The van der Waals surface area contributed by atoms with Crippen molar-refractivity contribution < 1.29 is 19.1 Å². The zero-order valence-electron chi connectivity index (χ0n) is 11.8. The monoisotopic (exact) mass is 283 g/mol. The first-order valence-electron chi connectivity index (χ1n) is 7.09. The summed E-state index contributed by atoms with van der Waals surface area (Å²) in [5.41, 5.74) is 0. The van der Waals surface area contributed by atoms with Crippen molar-refractivity contribution in [2.45, 2.75) is 32.3 Å². The minimum Gasteiger partial charge on any atom is -0.376 e. The number of nitrogens with one attached hydrogen (secondary N) is 1. The van der Waals surface area contributed by atoms with Crippen LogP contribution in [0.15, 0.2) is 0 Å². The molecule has 2 rings (SSSR count). The lowest BCUT2D eigenvalue weighted by Crippen LogP contribution is -2.46. The summed E-state index contributed by atoms with van der Waals surface area (Å²) in [5, 5.41) is 2.41. The lowest BCUT2D eigenvalue weighted by molar-refractivity contribution is -0.138. The molecule has 1 unspecified atom stereocenters. The molecule has 0 radical (unpaired) electrons. The number of ether oxygens (including phenoxy) is 1. The molecule has 4 amide bonds. The van der Waals surface area contributed by atoms with Gasteiger partial charge in [0.1, 0.15) is 6.54 Å². The molecule has 2 heterocycles. The fourth-order valence-electron chi connectivity index (χ4n) is 2.46. The molecule has 2 fully saturated rings. The van der Waals surface area contributed by atoms with Gasteiger partial charge < -0.3 is 15.0 Å². The van der Waals surface area contributed by atoms with E-state index >= 15 is 0 Å². The third kappa shape index (κ3) is 3.47. The van der Waals surface area contributed by atoms with Crippen molar-refractivity contribution in [3.05, 3.63) is 0 Å². The van der Waals surface area contributed by atoms with Crippen molar-refractivity contribution in [2.75, 3.05) is 32.8 Å². The van der Waals surface area contributed by atoms with Crippen LogP contribution in [0.1, 0.15) is 26.2 Å². The molecule has 0 spiro atoms. The number of hydrogen-bond donors (Lipinski definition) is 1. The normalized spacial score (nSPS) is 22.9. The fraction of sp³-hybridized carbons (Fsp3) is 0.769. The summed E-state index contributed by atoms with van der Waals surface area (Å²) in [4.78, 5) is 37.7. The highest BCUT2D eigenvalue weighted by molar-refractivity contribution is 6.04. The molecule has 1 N–H and O–H groups in total. The van der Waals surface area contributed by atoms with Gasteiger partial charge in [-0.2, -0.15) is 0 Å². The molecular formula is C13H21N3O4. The predicted molar refractivity (Wildman–Crippen MR) is 71.0 cm³/mol. The average molecular weight is 283 g/mol. The van der Waals surface area contributed by atoms with Crippen molar-refractivity contribution in [3.63, 3.8) is 0 Å². The summed E-state index contributed by atoms with van der Waals surface area (Å²) in [5.74, 6) is -0.569. The summed E-state index contributed by atoms with van der Waals surface area (Å²) >= 11 is 0. The van der Waals surface area contributed by atoms with E-state index in [1.165, 1.54) is 0 Å². The van der Waals surface area contributed by atoms with E-state index in [0.29, 0.717) is 13.1 Å². The summed E-state index contributed by atoms with van der Waals surface area (Å²) in [6.07, 6.45) is 3.20. The van der Waals surface area contributed by atoms with Gasteiger partial charge in [0.05, 0.1) is 12.6 Å². The van der Waals surface area contributed by atoms with Crippen LogP contribution in [0.5, 0.6) is 0 Å². The number of rotatable bonds is 5. The molecular weight excluding hydrogens is 262 g/mol. The number of urea groups is 1. The first-order chi connectivity index (χ1) is 9.61. The van der Waals surface area contributed by atoms with Crippen LogP contribution in [0.25, 0.3) is 0 Å². The minimum absolute atomic E-state index is 0.0238. The maximum atomic E-state index is 12.2. The molecule has 2 aliphatic rings. The SMILES string of the molecule is CCN(CC1CCCCO1)C(=O)CN1C(=O)CNC1=O. The third-order valence-electron chi connectivity index (χ3n) is 3.66. The van der Waals surface area contributed by atoms with Crippen LogP contribution in [0, 0.1) is 0 Å². The molecule has 7 nitrogen and oxygen atoms in total. The van der Waals surface area contributed by atoms with Crippen LogP contribution in [-0.2, 0) is 14.3 Å². The zero-order valence-corrected chi connectivity index (χ0v) is 11.8. The highest BCUT2D eigenvalue weighted by atomic mass is 16.5. The van der Waals surface area contributed by atoms with Crippen molar-refractivity contribution in [1.29, 1.82) is 0 Å². The number of carbonyl (C=O) groups is 3. The second-order valence-electron chi connectivity index (χ2n) is 5.06. The second kappa shape index (κ2) is 6.69. The van der Waals surface area contributed by atoms with Crippen molar-refractivity contribution in [2.24, 2.45) is 0 Å². The third-order valence-corrected chi connectivity index (χ3v) is 3.66. The Bertz CT molecular complexity index is 377. The molecule has 0 aromatic carbocycles. The molecule has 0 aromatic heterocycles. The minimum atomic E-state index is -0.492. The Hall–Kier alpha value is -1.63. The molecule has 0 bridgehead atoms. The maximum absolute atomic E-state index is 12.2. The van der Waals surface area contributed by atoms with E-state index in [4.69, 9.17) is 4.74 Å². The summed E-state index contributed by atoms with van der Waals surface area (Å²) < 4.78 is 5.62. The van der Waals surface area contributed by atoms with Crippen molar-refractivity contribution >= 4 is 17.8 Å². The zero-order chi connectivity index (χ0) is 14.5. The maximum Gasteiger partial charge on any atom is 0.325 e. The summed E-state index contributed by atoms with van der Waals surface area (Å²) in [6.45, 7) is 3.48. The number of nitrogens with zero attached hydrogens (tertiary/aromatic N) is 2. The number of amides is 4. The molecule has 112 valence electrons. The summed E-state index contributed by atoms with van der Waals surface area (Å²) in [7, 11) is 0. The highest BCUT2D eigenvalue weighted by Crippen LogP contribution is 2.14. The second-order valence-corrected chi connectivity index (χ2v) is 5.06. The quantitative estimate of drug-likeness (QED) is 0.718. The van der Waals surface area contributed by atoms with Gasteiger partial charge in [0.15, 0.2) is 0 Å². The summed E-state index contributed by atoms with van der Waals surface area (Å²) in [6, 6.07) is -0.492. The molecule has 0 aromatic rings. The van der Waals surface area contributed by atoms with Crippen LogP contribution in [0.2, 0.25) is 0 Å². The molecule has 0 saturated carbocycles. The molecule has 20 heavy (non-hydrogen) atoms. The van der Waals surface area contributed by atoms with Crippen molar-refractivity contribution in [3.8, 4) is 0 Å². The van der Waals surface area contributed by atoms with Gasteiger partial charge in [-0.1, -0.05) is 0 Å². The van der Waals surface area contributed by atoms with E-state index in [0.717, 1.165) is 30.8 Å². The Morgan fingerprint density at radius 3 is 2.80 bits per heavy atom. The van der Waals surface area contributed by atoms with Crippen LogP contribution in [-0.4, -0.2) is 66.5 Å². The van der Waals surface area contributed by atoms with Crippen molar-refractivity contribution in [1.82, 2.24) is 15.1 Å². The lowest BCUT2D eigenvalue weighted by atomic mass is 10.1. The standard InChI is InChI=1S/C13H21N3O4/c1-2-15(8-10-5-3-4-6-20-10)12(18)9-16-11(17)7-14-13(16)19/h10H,2-9H2,1H3,(H,14,19). The Morgan fingerprint density at radius 1 is 1.45 bits per heavy atom. The largest absolute Gasteiger partial charge is 0.376 e. The van der Waals surface area contributed by atoms with E-state index in [9.17, 15) is 14.4 Å². The van der Waals surface area contributed by atoms with E-state index in [-0.39, 0.29) is 31.0 Å². The van der Waals surface area contributed by atoms with Gasteiger partial charge in [-0.15, -0.1) is 0 Å². The first-order valence-corrected chi connectivity index (χ1v) is 7.09. The topological polar surface area (TPSA) is 79.0 Å². The van der Waals surface area contributed by atoms with Crippen LogP contribution < -0.4 is 5.32 Å². The average Bonchev–Trinajstić information content (AvgIpc) is 2.77. The lowest BCUT2D eigenvalue weighted by Gasteiger charge is -2.30. The van der Waals surface area contributed by atoms with Gasteiger partial charge in [-0.05, 0) is 26.2 Å². The van der Waals surface area contributed by atoms with Gasteiger partial charge in [-0.25, -0.2) is 4.79 Å². The highest BCUT2D eigenvalue weighted by Gasteiger charge is 2.32. The molecule has 2 saturated heterocycles. The smallest absolute Gasteiger partial charge is 0.325 e. The number of imide groups is 1. The molecule has 1 atom stereocenters. The van der Waals surface area contributed by atoms with E-state index < -0.39 is 6.03 Å². The van der Waals surface area contributed by atoms with Crippen LogP contribution in [0.3, 0.4) is 0 Å². The van der Waals surface area contributed by atoms with Gasteiger partial charge in [-0.3, -0.25) is 14.5 Å². The van der Waals surface area contributed by atoms with Gasteiger partial charge in [0.2, 0.25) is 5.91 Å².